The summed E-state index contributed by atoms with van der Waals surface area (Å²) in [5.41, 5.74) is -0.530. The van der Waals surface area contributed by atoms with Gasteiger partial charge in [-0.05, 0) is 19.1 Å². The molecule has 0 unspecified atom stereocenters. The third kappa shape index (κ3) is 3.77. The predicted molar refractivity (Wildman–Crippen MR) is 94.1 cm³/mol. The lowest BCUT2D eigenvalue weighted by Gasteiger charge is -2.30. The molecular formula is C18H21N3O6. The van der Waals surface area contributed by atoms with E-state index in [0.29, 0.717) is 26.1 Å². The Labute approximate surface area is 156 Å². The van der Waals surface area contributed by atoms with Gasteiger partial charge in [-0.2, -0.15) is 0 Å². The van der Waals surface area contributed by atoms with Gasteiger partial charge in [-0.25, -0.2) is 9.59 Å². The van der Waals surface area contributed by atoms with Gasteiger partial charge in [0.05, 0.1) is 17.9 Å². The molecule has 3 rings (SSSR count). The van der Waals surface area contributed by atoms with Crippen molar-refractivity contribution in [3.05, 3.63) is 29.8 Å². The number of rotatable bonds is 5. The molecule has 0 atom stereocenters. The molecular weight excluding hydrogens is 354 g/mol. The van der Waals surface area contributed by atoms with E-state index >= 15 is 0 Å². The molecule has 0 aliphatic carbocycles. The van der Waals surface area contributed by atoms with E-state index < -0.39 is 35.9 Å². The maximum atomic E-state index is 12.7. The minimum absolute atomic E-state index is 0.200. The van der Waals surface area contributed by atoms with Crippen molar-refractivity contribution < 1.29 is 28.7 Å². The monoisotopic (exact) mass is 375 g/mol. The maximum absolute atomic E-state index is 12.7. The van der Waals surface area contributed by atoms with Crippen molar-refractivity contribution in [2.24, 2.45) is 0 Å². The number of carbonyl (C=O) groups is 4. The molecule has 1 aromatic rings. The lowest BCUT2D eigenvalue weighted by molar-refractivity contribution is -0.136. The smallest absolute Gasteiger partial charge is 0.340 e. The molecule has 0 saturated carbocycles. The number of nitrogens with zero attached hydrogens (tertiary/aromatic N) is 1. The van der Waals surface area contributed by atoms with Crippen LogP contribution in [-0.2, 0) is 19.1 Å². The summed E-state index contributed by atoms with van der Waals surface area (Å²) in [6.45, 7) is 2.20. The predicted octanol–water partition coefficient (Wildman–Crippen LogP) is 0.903. The second-order valence-electron chi connectivity index (χ2n) is 6.33. The van der Waals surface area contributed by atoms with Crippen LogP contribution in [-0.4, -0.2) is 60.6 Å². The number of benzene rings is 1. The number of hydrogen-bond acceptors (Lipinski definition) is 6. The van der Waals surface area contributed by atoms with Crippen LogP contribution in [0, 0.1) is 0 Å². The lowest BCUT2D eigenvalue weighted by atomic mass is 9.90. The first kappa shape index (κ1) is 18.8. The molecule has 1 spiro atoms. The summed E-state index contributed by atoms with van der Waals surface area (Å²) < 4.78 is 10.2. The van der Waals surface area contributed by atoms with Crippen molar-refractivity contribution in [1.82, 2.24) is 10.2 Å². The summed E-state index contributed by atoms with van der Waals surface area (Å²) in [5, 5.41) is 5.26. The number of imide groups is 1. The van der Waals surface area contributed by atoms with E-state index in [4.69, 9.17) is 9.47 Å². The van der Waals surface area contributed by atoms with Gasteiger partial charge in [0.25, 0.3) is 5.91 Å². The molecule has 144 valence electrons. The number of esters is 1. The fraction of sp³-hybridized carbons (Fsp3) is 0.444. The van der Waals surface area contributed by atoms with Gasteiger partial charge in [0.2, 0.25) is 5.91 Å². The Morgan fingerprint density at radius 2 is 1.96 bits per heavy atom. The number of para-hydroxylation sites is 1. The van der Waals surface area contributed by atoms with Gasteiger partial charge in [0.15, 0.2) is 0 Å². The SMILES string of the molecule is CCOC(=O)c1ccccc1NC(=O)CN1C(=O)NC2(CCOCC2)C1=O. The Kier molecular flexibility index (Phi) is 5.41. The molecule has 2 saturated heterocycles. The average molecular weight is 375 g/mol. The molecule has 2 fully saturated rings. The van der Waals surface area contributed by atoms with Crippen molar-refractivity contribution >= 4 is 29.5 Å². The largest absolute Gasteiger partial charge is 0.462 e. The van der Waals surface area contributed by atoms with E-state index in [-0.39, 0.29) is 17.9 Å². The number of anilines is 1. The highest BCUT2D eigenvalue weighted by Crippen LogP contribution is 2.28. The van der Waals surface area contributed by atoms with Crippen LogP contribution in [0.1, 0.15) is 30.1 Å². The molecule has 4 amide bonds. The maximum Gasteiger partial charge on any atom is 0.340 e. The van der Waals surface area contributed by atoms with E-state index in [1.54, 1.807) is 25.1 Å². The molecule has 9 heteroatoms. The number of carbonyl (C=O) groups excluding carboxylic acids is 4. The third-order valence-electron chi connectivity index (χ3n) is 4.59. The topological polar surface area (TPSA) is 114 Å². The van der Waals surface area contributed by atoms with Gasteiger partial charge < -0.3 is 20.1 Å². The second-order valence-corrected chi connectivity index (χ2v) is 6.33. The standard InChI is InChI=1S/C18H21N3O6/c1-2-27-15(23)12-5-3-4-6-13(12)19-14(22)11-21-16(24)18(20-17(21)25)7-9-26-10-8-18/h3-6H,2,7-11H2,1H3,(H,19,22)(H,20,25). The van der Waals surface area contributed by atoms with Crippen LogP contribution >= 0.6 is 0 Å². The van der Waals surface area contributed by atoms with Gasteiger partial charge in [0, 0.05) is 26.1 Å². The molecule has 27 heavy (non-hydrogen) atoms. The van der Waals surface area contributed by atoms with Crippen LogP contribution in [0.3, 0.4) is 0 Å². The number of ether oxygens (including phenoxy) is 2. The highest BCUT2D eigenvalue weighted by Gasteiger charge is 2.52. The normalized spacial score (nSPS) is 18.3. The minimum atomic E-state index is -0.988. The summed E-state index contributed by atoms with van der Waals surface area (Å²) in [6.07, 6.45) is 0.753. The second kappa shape index (κ2) is 7.75. The quantitative estimate of drug-likeness (QED) is 0.584. The fourth-order valence-corrected chi connectivity index (χ4v) is 3.19. The number of hydrogen-bond donors (Lipinski definition) is 2. The van der Waals surface area contributed by atoms with E-state index in [1.807, 2.05) is 0 Å². The van der Waals surface area contributed by atoms with Crippen LogP contribution in [0.4, 0.5) is 10.5 Å². The van der Waals surface area contributed by atoms with Crippen molar-refractivity contribution in [2.75, 3.05) is 31.7 Å². The first-order valence-corrected chi connectivity index (χ1v) is 8.75. The van der Waals surface area contributed by atoms with Crippen LogP contribution < -0.4 is 10.6 Å². The molecule has 2 aliphatic heterocycles. The van der Waals surface area contributed by atoms with Gasteiger partial charge in [-0.1, -0.05) is 12.1 Å². The highest BCUT2D eigenvalue weighted by atomic mass is 16.5. The van der Waals surface area contributed by atoms with Gasteiger partial charge in [-0.3, -0.25) is 14.5 Å². The van der Waals surface area contributed by atoms with E-state index in [1.165, 1.54) is 6.07 Å². The summed E-state index contributed by atoms with van der Waals surface area (Å²) in [6, 6.07) is 5.78. The molecule has 0 aromatic heterocycles. The van der Waals surface area contributed by atoms with Crippen LogP contribution in [0.25, 0.3) is 0 Å². The Morgan fingerprint density at radius 3 is 2.67 bits per heavy atom. The van der Waals surface area contributed by atoms with Crippen LogP contribution in [0.15, 0.2) is 24.3 Å². The Bertz CT molecular complexity index is 772. The summed E-state index contributed by atoms with van der Waals surface area (Å²) in [4.78, 5) is 50.2. The Balaban J connectivity index is 1.69. The van der Waals surface area contributed by atoms with Crippen LogP contribution in [0.5, 0.6) is 0 Å². The number of nitrogens with one attached hydrogen (secondary N) is 2. The molecule has 2 N–H and O–H groups in total. The molecule has 2 aliphatic rings. The van der Waals surface area contributed by atoms with E-state index in [2.05, 4.69) is 10.6 Å². The van der Waals surface area contributed by atoms with Crippen molar-refractivity contribution in [1.29, 1.82) is 0 Å². The molecule has 9 nitrogen and oxygen atoms in total. The fourth-order valence-electron chi connectivity index (χ4n) is 3.19. The van der Waals surface area contributed by atoms with Gasteiger partial charge in [0.1, 0.15) is 12.1 Å². The van der Waals surface area contributed by atoms with E-state index in [9.17, 15) is 19.2 Å². The van der Waals surface area contributed by atoms with Gasteiger partial charge >= 0.3 is 12.0 Å². The molecule has 2 heterocycles. The van der Waals surface area contributed by atoms with Crippen LogP contribution in [0.2, 0.25) is 0 Å². The highest BCUT2D eigenvalue weighted by molar-refractivity contribution is 6.10. The molecule has 1 aromatic carbocycles. The lowest BCUT2D eigenvalue weighted by Crippen LogP contribution is -2.51. The summed E-state index contributed by atoms with van der Waals surface area (Å²) >= 11 is 0. The minimum Gasteiger partial charge on any atom is -0.462 e. The Hall–Kier alpha value is -2.94. The average Bonchev–Trinajstić information content (AvgIpc) is 2.87. The zero-order valence-electron chi connectivity index (χ0n) is 14.9. The number of amides is 4. The van der Waals surface area contributed by atoms with Gasteiger partial charge in [-0.15, -0.1) is 0 Å². The van der Waals surface area contributed by atoms with Crippen molar-refractivity contribution in [3.63, 3.8) is 0 Å². The zero-order chi connectivity index (χ0) is 19.4. The first-order chi connectivity index (χ1) is 13.0. The zero-order valence-corrected chi connectivity index (χ0v) is 14.9. The Morgan fingerprint density at radius 1 is 1.26 bits per heavy atom. The summed E-state index contributed by atoms with van der Waals surface area (Å²) in [5.74, 6) is -1.58. The molecule has 0 radical (unpaired) electrons. The van der Waals surface area contributed by atoms with E-state index in [0.717, 1.165) is 4.90 Å². The van der Waals surface area contributed by atoms with Crippen molar-refractivity contribution in [2.45, 2.75) is 25.3 Å². The third-order valence-corrected chi connectivity index (χ3v) is 4.59. The molecule has 0 bridgehead atoms. The summed E-state index contributed by atoms with van der Waals surface area (Å²) in [7, 11) is 0. The van der Waals surface area contributed by atoms with Crippen molar-refractivity contribution in [3.8, 4) is 0 Å². The first-order valence-electron chi connectivity index (χ1n) is 8.75. The number of urea groups is 1.